The summed E-state index contributed by atoms with van der Waals surface area (Å²) in [6.07, 6.45) is 0. The lowest BCUT2D eigenvalue weighted by atomic mass is 9.87. The lowest BCUT2D eigenvalue weighted by molar-refractivity contribution is -0.141. The van der Waals surface area contributed by atoms with E-state index < -0.39 is 23.5 Å². The van der Waals surface area contributed by atoms with Crippen molar-refractivity contribution in [1.82, 2.24) is 15.6 Å². The van der Waals surface area contributed by atoms with Gasteiger partial charge in [-0.1, -0.05) is 32.1 Å². The number of thiazole rings is 1. The predicted molar refractivity (Wildman–Crippen MR) is 71.2 cm³/mol. The van der Waals surface area contributed by atoms with Crippen molar-refractivity contribution in [1.29, 1.82) is 0 Å². The molecule has 0 saturated carbocycles. The molecule has 1 aromatic heterocycles. The van der Waals surface area contributed by atoms with Gasteiger partial charge in [0.15, 0.2) is 0 Å². The zero-order chi connectivity index (χ0) is 14.6. The Morgan fingerprint density at radius 1 is 1.47 bits per heavy atom. The van der Waals surface area contributed by atoms with Gasteiger partial charge in [-0.3, -0.25) is 4.79 Å². The summed E-state index contributed by atoms with van der Waals surface area (Å²) in [5.74, 6) is -1.09. The molecule has 4 N–H and O–H groups in total. The number of carboxylic acid groups (broad SMARTS) is 1. The van der Waals surface area contributed by atoms with Gasteiger partial charge in [-0.2, -0.15) is 0 Å². The topological polar surface area (TPSA) is 111 Å². The Morgan fingerprint density at radius 2 is 2.11 bits per heavy atom. The fourth-order valence-electron chi connectivity index (χ4n) is 1.41. The zero-order valence-electron chi connectivity index (χ0n) is 10.9. The fourth-order valence-corrected chi connectivity index (χ4v) is 1.99. The first-order valence-electron chi connectivity index (χ1n) is 5.64. The van der Waals surface area contributed by atoms with Crippen LogP contribution in [0.1, 0.15) is 26.5 Å². The number of carbonyl (C=O) groups excluding carboxylic acids is 1. The van der Waals surface area contributed by atoms with Crippen LogP contribution in [0.3, 0.4) is 0 Å². The highest BCUT2D eigenvalue weighted by Crippen LogP contribution is 2.19. The highest BCUT2D eigenvalue weighted by atomic mass is 32.1. The molecule has 8 heteroatoms. The van der Waals surface area contributed by atoms with Gasteiger partial charge in [0.2, 0.25) is 0 Å². The number of aliphatic carboxylic acids is 1. The largest absolute Gasteiger partial charge is 0.480 e. The Kier molecular flexibility index (Phi) is 4.71. The van der Waals surface area contributed by atoms with Crippen molar-refractivity contribution < 1.29 is 14.7 Å². The molecule has 0 fully saturated rings. The molecule has 7 nitrogen and oxygen atoms in total. The molecular formula is C11H17N3O4S. The van der Waals surface area contributed by atoms with Gasteiger partial charge in [-0.05, 0) is 5.41 Å². The van der Waals surface area contributed by atoms with Crippen LogP contribution in [0.2, 0.25) is 0 Å². The summed E-state index contributed by atoms with van der Waals surface area (Å²) in [7, 11) is 0. The predicted octanol–water partition coefficient (Wildman–Crippen LogP) is 0.735. The van der Waals surface area contributed by atoms with Gasteiger partial charge in [-0.15, -0.1) is 0 Å². The van der Waals surface area contributed by atoms with Crippen LogP contribution in [-0.4, -0.2) is 28.1 Å². The average molecular weight is 287 g/mol. The Balaban J connectivity index is 2.54. The Labute approximate surface area is 114 Å². The minimum absolute atomic E-state index is 0.140. The summed E-state index contributed by atoms with van der Waals surface area (Å²) in [5.41, 5.74) is -0.0207. The summed E-state index contributed by atoms with van der Waals surface area (Å²) < 4.78 is 0. The first-order valence-corrected chi connectivity index (χ1v) is 6.52. The first kappa shape index (κ1) is 15.2. The van der Waals surface area contributed by atoms with Crippen molar-refractivity contribution in [2.75, 3.05) is 0 Å². The number of carboxylic acids is 1. The molecule has 0 aromatic carbocycles. The van der Waals surface area contributed by atoms with Gasteiger partial charge in [-0.25, -0.2) is 9.59 Å². The number of H-pyrrole nitrogens is 1. The van der Waals surface area contributed by atoms with Gasteiger partial charge in [0.25, 0.3) is 0 Å². The SMILES string of the molecule is CC(C)(C)[C@@H](NC(=O)NCc1csc(=O)[nH]1)C(=O)O. The molecule has 1 rings (SSSR count). The number of carbonyl (C=O) groups is 2. The van der Waals surface area contributed by atoms with E-state index in [0.29, 0.717) is 5.69 Å². The molecule has 106 valence electrons. The van der Waals surface area contributed by atoms with Crippen LogP contribution >= 0.6 is 11.3 Å². The number of amides is 2. The molecule has 1 heterocycles. The summed E-state index contributed by atoms with van der Waals surface area (Å²) in [4.78, 5) is 35.9. The van der Waals surface area contributed by atoms with Crippen LogP contribution < -0.4 is 15.5 Å². The summed E-state index contributed by atoms with van der Waals surface area (Å²) in [6, 6.07) is -1.58. The van der Waals surface area contributed by atoms with Gasteiger partial charge in [0, 0.05) is 11.1 Å². The van der Waals surface area contributed by atoms with E-state index in [1.54, 1.807) is 26.2 Å². The zero-order valence-corrected chi connectivity index (χ0v) is 11.8. The standard InChI is InChI=1S/C11H17N3O4S/c1-11(2,3)7(8(15)16)14-9(17)12-4-6-5-19-10(18)13-6/h5,7H,4H2,1-3H3,(H,13,18)(H,15,16)(H2,12,14,17)/t7-/m0/s1. The maximum absolute atomic E-state index is 11.6. The maximum Gasteiger partial charge on any atom is 0.326 e. The Bertz CT molecular complexity index is 515. The molecule has 0 saturated heterocycles. The normalized spacial score (nSPS) is 12.8. The molecule has 2 amide bonds. The van der Waals surface area contributed by atoms with Crippen molar-refractivity contribution in [2.24, 2.45) is 5.41 Å². The van der Waals surface area contributed by atoms with Gasteiger partial charge >= 0.3 is 16.9 Å². The molecule has 0 aliphatic heterocycles. The van der Waals surface area contributed by atoms with E-state index in [9.17, 15) is 14.4 Å². The van der Waals surface area contributed by atoms with E-state index in [1.165, 1.54) is 0 Å². The van der Waals surface area contributed by atoms with Crippen LogP contribution in [0.4, 0.5) is 4.79 Å². The molecule has 0 bridgehead atoms. The van der Waals surface area contributed by atoms with Crippen molar-refractivity contribution >= 4 is 23.3 Å². The first-order chi connectivity index (χ1) is 8.70. The van der Waals surface area contributed by atoms with Crippen molar-refractivity contribution in [3.63, 3.8) is 0 Å². The Morgan fingerprint density at radius 3 is 2.53 bits per heavy atom. The van der Waals surface area contributed by atoms with E-state index in [1.807, 2.05) is 0 Å². The monoisotopic (exact) mass is 287 g/mol. The third-order valence-corrected chi connectivity index (χ3v) is 3.12. The van der Waals surface area contributed by atoms with E-state index in [0.717, 1.165) is 11.3 Å². The van der Waals surface area contributed by atoms with Crippen molar-refractivity contribution in [2.45, 2.75) is 33.4 Å². The average Bonchev–Trinajstić information content (AvgIpc) is 2.67. The van der Waals surface area contributed by atoms with E-state index >= 15 is 0 Å². The molecule has 1 aromatic rings. The molecule has 0 aliphatic rings. The number of urea groups is 1. The van der Waals surface area contributed by atoms with Crippen LogP contribution in [-0.2, 0) is 11.3 Å². The molecule has 0 spiro atoms. The summed E-state index contributed by atoms with van der Waals surface area (Å²) in [6.45, 7) is 5.31. The van der Waals surface area contributed by atoms with Gasteiger partial charge < -0.3 is 20.7 Å². The van der Waals surface area contributed by atoms with Crippen LogP contribution in [0.5, 0.6) is 0 Å². The lowest BCUT2D eigenvalue weighted by Gasteiger charge is -2.27. The van der Waals surface area contributed by atoms with Gasteiger partial charge in [0.1, 0.15) is 6.04 Å². The lowest BCUT2D eigenvalue weighted by Crippen LogP contribution is -2.52. The minimum atomic E-state index is -1.09. The second-order valence-corrected chi connectivity index (χ2v) is 5.98. The number of hydrogen-bond donors (Lipinski definition) is 4. The molecular weight excluding hydrogens is 270 g/mol. The van der Waals surface area contributed by atoms with Crippen LogP contribution in [0, 0.1) is 5.41 Å². The van der Waals surface area contributed by atoms with E-state index in [-0.39, 0.29) is 11.4 Å². The summed E-state index contributed by atoms with van der Waals surface area (Å²) >= 11 is 1.00. The second-order valence-electron chi connectivity index (χ2n) is 5.14. The van der Waals surface area contributed by atoms with Gasteiger partial charge in [0.05, 0.1) is 6.54 Å². The molecule has 0 aliphatic carbocycles. The van der Waals surface area contributed by atoms with Crippen molar-refractivity contribution in [3.8, 4) is 0 Å². The maximum atomic E-state index is 11.6. The molecule has 0 radical (unpaired) electrons. The molecule has 0 unspecified atom stereocenters. The molecule has 19 heavy (non-hydrogen) atoms. The van der Waals surface area contributed by atoms with Crippen LogP contribution in [0.25, 0.3) is 0 Å². The summed E-state index contributed by atoms with van der Waals surface area (Å²) in [5, 5.41) is 15.5. The highest BCUT2D eigenvalue weighted by Gasteiger charge is 2.32. The Hall–Kier alpha value is -1.83. The number of nitrogens with one attached hydrogen (secondary N) is 3. The fraction of sp³-hybridized carbons (Fsp3) is 0.545. The van der Waals surface area contributed by atoms with Crippen molar-refractivity contribution in [3.05, 3.63) is 20.7 Å². The van der Waals surface area contributed by atoms with E-state index in [4.69, 9.17) is 5.11 Å². The number of aromatic nitrogens is 1. The minimum Gasteiger partial charge on any atom is -0.480 e. The highest BCUT2D eigenvalue weighted by molar-refractivity contribution is 7.07. The number of rotatable bonds is 4. The smallest absolute Gasteiger partial charge is 0.326 e. The third-order valence-electron chi connectivity index (χ3n) is 2.40. The quantitative estimate of drug-likeness (QED) is 0.654. The third kappa shape index (κ3) is 4.74. The second kappa shape index (κ2) is 5.87. The number of aromatic amines is 1. The van der Waals surface area contributed by atoms with Crippen LogP contribution in [0.15, 0.2) is 10.2 Å². The molecule has 1 atom stereocenters. The van der Waals surface area contributed by atoms with E-state index in [2.05, 4.69) is 15.6 Å². The number of hydrogen-bond acceptors (Lipinski definition) is 4.